The van der Waals surface area contributed by atoms with E-state index in [1.165, 1.54) is 28.6 Å². The molecule has 2 fully saturated rings. The van der Waals surface area contributed by atoms with Crippen LogP contribution in [0.4, 0.5) is 0 Å². The van der Waals surface area contributed by atoms with Crippen LogP contribution in [0.25, 0.3) is 0 Å². The minimum Gasteiger partial charge on any atom is -0.451 e. The van der Waals surface area contributed by atoms with Gasteiger partial charge in [-0.25, -0.2) is 13.2 Å². The fraction of sp³-hybridized carbons (Fsp3) is 0.529. The summed E-state index contributed by atoms with van der Waals surface area (Å²) in [5, 5.41) is 0. The van der Waals surface area contributed by atoms with Crippen LogP contribution in [-0.2, 0) is 24.3 Å². The summed E-state index contributed by atoms with van der Waals surface area (Å²) in [5.74, 6) is -0.651. The summed E-state index contributed by atoms with van der Waals surface area (Å²) in [6.07, 6.45) is 2.00. The Hall–Kier alpha value is -1.77. The van der Waals surface area contributed by atoms with E-state index in [0.29, 0.717) is 39.1 Å². The third-order valence-electron chi connectivity index (χ3n) is 4.45. The lowest BCUT2D eigenvalue weighted by Crippen LogP contribution is -2.40. The first-order valence-corrected chi connectivity index (χ1v) is 9.84. The Morgan fingerprint density at radius 2 is 1.80 bits per heavy atom. The Morgan fingerprint density at radius 3 is 2.44 bits per heavy atom. The molecule has 2 aliphatic rings. The van der Waals surface area contributed by atoms with Crippen molar-refractivity contribution in [1.82, 2.24) is 4.31 Å². The Bertz CT molecular complexity index is 737. The van der Waals surface area contributed by atoms with Gasteiger partial charge >= 0.3 is 5.97 Å². The number of carbonyl (C=O) groups is 2. The number of morpholine rings is 1. The SMILES string of the molecule is O=C(OC1CCCCC1=O)c1ccc(S(=O)(=O)N2CCOCC2)cc1. The molecule has 0 bridgehead atoms. The van der Waals surface area contributed by atoms with Crippen molar-refractivity contribution in [2.75, 3.05) is 26.3 Å². The van der Waals surface area contributed by atoms with E-state index in [1.807, 2.05) is 0 Å². The molecular formula is C17H21NO6S. The quantitative estimate of drug-likeness (QED) is 0.747. The van der Waals surface area contributed by atoms with Gasteiger partial charge in [0, 0.05) is 19.5 Å². The van der Waals surface area contributed by atoms with Crippen molar-refractivity contribution in [3.05, 3.63) is 29.8 Å². The summed E-state index contributed by atoms with van der Waals surface area (Å²) in [6.45, 7) is 1.38. The van der Waals surface area contributed by atoms with Gasteiger partial charge < -0.3 is 9.47 Å². The van der Waals surface area contributed by atoms with Gasteiger partial charge in [0.05, 0.1) is 23.7 Å². The number of ether oxygens (including phenoxy) is 2. The number of esters is 1. The summed E-state index contributed by atoms with van der Waals surface area (Å²) >= 11 is 0. The maximum Gasteiger partial charge on any atom is 0.338 e. The highest BCUT2D eigenvalue weighted by Crippen LogP contribution is 2.21. The molecule has 0 spiro atoms. The standard InChI is InChI=1S/C17H21NO6S/c19-15-3-1-2-4-16(15)24-17(20)13-5-7-14(8-6-13)25(21,22)18-9-11-23-12-10-18/h5-8,16H,1-4,9-12H2. The fourth-order valence-corrected chi connectivity index (χ4v) is 4.38. The second-order valence-electron chi connectivity index (χ2n) is 6.15. The molecule has 25 heavy (non-hydrogen) atoms. The molecule has 3 rings (SSSR count). The van der Waals surface area contributed by atoms with Crippen molar-refractivity contribution in [2.24, 2.45) is 0 Å². The number of ketones is 1. The van der Waals surface area contributed by atoms with Gasteiger partial charge in [0.1, 0.15) is 0 Å². The van der Waals surface area contributed by atoms with Crippen LogP contribution in [0.1, 0.15) is 36.0 Å². The monoisotopic (exact) mass is 367 g/mol. The lowest BCUT2D eigenvalue weighted by atomic mass is 9.96. The molecule has 1 unspecified atom stereocenters. The molecule has 1 atom stereocenters. The number of hydrogen-bond donors (Lipinski definition) is 0. The van der Waals surface area contributed by atoms with Crippen LogP contribution in [0.15, 0.2) is 29.2 Å². The van der Waals surface area contributed by atoms with E-state index in [4.69, 9.17) is 9.47 Å². The van der Waals surface area contributed by atoms with Crippen molar-refractivity contribution in [3.63, 3.8) is 0 Å². The van der Waals surface area contributed by atoms with Crippen LogP contribution >= 0.6 is 0 Å². The highest BCUT2D eigenvalue weighted by molar-refractivity contribution is 7.89. The predicted molar refractivity (Wildman–Crippen MR) is 88.7 cm³/mol. The molecule has 7 nitrogen and oxygen atoms in total. The number of carbonyl (C=O) groups excluding carboxylic acids is 2. The first-order valence-electron chi connectivity index (χ1n) is 8.40. The summed E-state index contributed by atoms with van der Waals surface area (Å²) in [6, 6.07) is 5.63. The number of nitrogens with zero attached hydrogens (tertiary/aromatic N) is 1. The lowest BCUT2D eigenvalue weighted by molar-refractivity contribution is -0.129. The molecule has 1 aliphatic heterocycles. The number of rotatable bonds is 4. The van der Waals surface area contributed by atoms with Gasteiger partial charge in [0.15, 0.2) is 11.9 Å². The first-order chi connectivity index (χ1) is 12.0. The second-order valence-corrected chi connectivity index (χ2v) is 8.08. The molecular weight excluding hydrogens is 346 g/mol. The molecule has 1 aliphatic carbocycles. The van der Waals surface area contributed by atoms with Gasteiger partial charge in [-0.05, 0) is 43.5 Å². The van der Waals surface area contributed by atoms with Crippen molar-refractivity contribution >= 4 is 21.8 Å². The van der Waals surface area contributed by atoms with Gasteiger partial charge in [0.2, 0.25) is 10.0 Å². The average Bonchev–Trinajstić information content (AvgIpc) is 2.64. The van der Waals surface area contributed by atoms with Gasteiger partial charge in [0.25, 0.3) is 0 Å². The first kappa shape index (κ1) is 18.0. The third kappa shape index (κ3) is 4.08. The van der Waals surface area contributed by atoms with E-state index in [0.717, 1.165) is 12.8 Å². The maximum atomic E-state index is 12.5. The average molecular weight is 367 g/mol. The predicted octanol–water partition coefficient (Wildman–Crippen LogP) is 1.38. The molecule has 1 aromatic rings. The summed E-state index contributed by atoms with van der Waals surface area (Å²) in [7, 11) is -3.59. The van der Waals surface area contributed by atoms with E-state index >= 15 is 0 Å². The number of hydrogen-bond acceptors (Lipinski definition) is 6. The smallest absolute Gasteiger partial charge is 0.338 e. The van der Waals surface area contributed by atoms with Gasteiger partial charge in [-0.1, -0.05) is 0 Å². The molecule has 136 valence electrons. The Balaban J connectivity index is 1.69. The van der Waals surface area contributed by atoms with Gasteiger partial charge in [-0.15, -0.1) is 0 Å². The molecule has 1 saturated heterocycles. The molecule has 0 N–H and O–H groups in total. The summed E-state index contributed by atoms with van der Waals surface area (Å²) in [4.78, 5) is 24.0. The number of sulfonamides is 1. The van der Waals surface area contributed by atoms with Crippen LogP contribution in [-0.4, -0.2) is 56.9 Å². The molecule has 1 saturated carbocycles. The van der Waals surface area contributed by atoms with Crippen molar-refractivity contribution < 1.29 is 27.5 Å². The third-order valence-corrected chi connectivity index (χ3v) is 6.36. The van der Waals surface area contributed by atoms with Crippen molar-refractivity contribution in [2.45, 2.75) is 36.7 Å². The Labute approximate surface area is 147 Å². The van der Waals surface area contributed by atoms with Crippen LogP contribution in [0.3, 0.4) is 0 Å². The molecule has 1 aromatic carbocycles. The topological polar surface area (TPSA) is 90.0 Å². The largest absolute Gasteiger partial charge is 0.451 e. The molecule has 1 heterocycles. The second kappa shape index (κ2) is 7.63. The summed E-state index contributed by atoms with van der Waals surface area (Å²) < 4.78 is 36.9. The van der Waals surface area contributed by atoms with Gasteiger partial charge in [-0.2, -0.15) is 4.31 Å². The zero-order valence-electron chi connectivity index (χ0n) is 13.8. The van der Waals surface area contributed by atoms with Crippen molar-refractivity contribution in [3.8, 4) is 0 Å². The highest BCUT2D eigenvalue weighted by atomic mass is 32.2. The Morgan fingerprint density at radius 1 is 1.12 bits per heavy atom. The molecule has 0 radical (unpaired) electrons. The van der Waals surface area contributed by atoms with E-state index in [-0.39, 0.29) is 16.2 Å². The number of Topliss-reactive ketones (excluding diaryl/α,β-unsaturated/α-hetero) is 1. The van der Waals surface area contributed by atoms with Gasteiger partial charge in [-0.3, -0.25) is 4.79 Å². The van der Waals surface area contributed by atoms with Crippen LogP contribution in [0.2, 0.25) is 0 Å². The zero-order chi connectivity index (χ0) is 17.9. The van der Waals surface area contributed by atoms with E-state index in [1.54, 1.807) is 0 Å². The normalized spacial score (nSPS) is 22.6. The van der Waals surface area contributed by atoms with Crippen LogP contribution in [0.5, 0.6) is 0 Å². The van der Waals surface area contributed by atoms with E-state index in [9.17, 15) is 18.0 Å². The minimum atomic E-state index is -3.59. The molecule has 8 heteroatoms. The number of benzene rings is 1. The lowest BCUT2D eigenvalue weighted by Gasteiger charge is -2.26. The summed E-state index contributed by atoms with van der Waals surface area (Å²) in [5.41, 5.74) is 0.235. The molecule has 0 amide bonds. The molecule has 0 aromatic heterocycles. The maximum absolute atomic E-state index is 12.5. The van der Waals surface area contributed by atoms with Crippen LogP contribution < -0.4 is 0 Å². The van der Waals surface area contributed by atoms with E-state index in [2.05, 4.69) is 0 Å². The van der Waals surface area contributed by atoms with Crippen LogP contribution in [0, 0.1) is 0 Å². The van der Waals surface area contributed by atoms with E-state index < -0.39 is 22.1 Å². The Kier molecular flexibility index (Phi) is 5.51. The zero-order valence-corrected chi connectivity index (χ0v) is 14.7. The minimum absolute atomic E-state index is 0.0499. The van der Waals surface area contributed by atoms with Crippen molar-refractivity contribution in [1.29, 1.82) is 0 Å². The fourth-order valence-electron chi connectivity index (χ4n) is 2.97. The highest BCUT2D eigenvalue weighted by Gasteiger charge is 2.28.